The minimum absolute atomic E-state index is 0.0700. The Kier molecular flexibility index (Phi) is 5.01. The quantitative estimate of drug-likeness (QED) is 0.837. The number of hydrogen-bond donors (Lipinski definition) is 0. The Balaban J connectivity index is 2.26. The van der Waals surface area contributed by atoms with Crippen molar-refractivity contribution < 1.29 is 22.7 Å². The van der Waals surface area contributed by atoms with Gasteiger partial charge in [-0.3, -0.25) is 4.79 Å². The van der Waals surface area contributed by atoms with Crippen molar-refractivity contribution in [3.05, 3.63) is 33.8 Å². The van der Waals surface area contributed by atoms with Gasteiger partial charge in [-0.2, -0.15) is 13.2 Å². The molecule has 1 aromatic carbocycles. The zero-order chi connectivity index (χ0) is 15.6. The zero-order valence-electron chi connectivity index (χ0n) is 10.8. The third-order valence-corrected chi connectivity index (χ3v) is 3.86. The van der Waals surface area contributed by atoms with E-state index in [0.717, 1.165) is 4.90 Å². The highest BCUT2D eigenvalue weighted by molar-refractivity contribution is 6.42. The average Bonchev–Trinajstić information content (AvgIpc) is 2.91. The predicted molar refractivity (Wildman–Crippen MR) is 72.8 cm³/mol. The van der Waals surface area contributed by atoms with Crippen LogP contribution < -0.4 is 0 Å². The summed E-state index contributed by atoms with van der Waals surface area (Å²) in [6.45, 7) is -0.878. The number of amides is 1. The molecule has 0 radical (unpaired) electrons. The Hall–Kier alpha value is -0.980. The van der Waals surface area contributed by atoms with Crippen LogP contribution in [0.15, 0.2) is 18.2 Å². The van der Waals surface area contributed by atoms with Crippen LogP contribution in [0, 0.1) is 0 Å². The van der Waals surface area contributed by atoms with Crippen LogP contribution in [-0.2, 0) is 4.74 Å². The molecular formula is C13H12Cl2F3NO2. The number of benzene rings is 1. The molecule has 2 rings (SSSR count). The summed E-state index contributed by atoms with van der Waals surface area (Å²) in [5.41, 5.74) is 0.0700. The fraction of sp³-hybridized carbons (Fsp3) is 0.462. The van der Waals surface area contributed by atoms with Gasteiger partial charge in [0.2, 0.25) is 0 Å². The Morgan fingerprint density at radius 3 is 2.57 bits per heavy atom. The van der Waals surface area contributed by atoms with E-state index in [-0.39, 0.29) is 22.2 Å². The van der Waals surface area contributed by atoms with Crippen molar-refractivity contribution in [3.8, 4) is 0 Å². The van der Waals surface area contributed by atoms with Crippen LogP contribution in [0.25, 0.3) is 0 Å². The number of alkyl halides is 3. The van der Waals surface area contributed by atoms with E-state index in [9.17, 15) is 18.0 Å². The molecule has 1 saturated heterocycles. The molecule has 0 bridgehead atoms. The predicted octanol–water partition coefficient (Wildman–Crippen LogP) is 3.79. The summed E-state index contributed by atoms with van der Waals surface area (Å²) in [6.07, 6.45) is -4.10. The molecule has 1 fully saturated rings. The fourth-order valence-electron chi connectivity index (χ4n) is 2.12. The molecule has 1 aliphatic rings. The molecule has 1 heterocycles. The normalized spacial score (nSPS) is 18.8. The monoisotopic (exact) mass is 341 g/mol. The molecule has 1 amide bonds. The number of rotatable bonds is 3. The van der Waals surface area contributed by atoms with Crippen molar-refractivity contribution in [2.75, 3.05) is 19.8 Å². The number of nitrogens with zero attached hydrogens (tertiary/aromatic N) is 1. The molecular weight excluding hydrogens is 330 g/mol. The first-order valence-corrected chi connectivity index (χ1v) is 6.94. The number of carbonyl (C=O) groups is 1. The van der Waals surface area contributed by atoms with E-state index in [1.165, 1.54) is 18.2 Å². The highest BCUT2D eigenvalue weighted by Gasteiger charge is 2.38. The van der Waals surface area contributed by atoms with Gasteiger partial charge in [0.1, 0.15) is 6.54 Å². The Morgan fingerprint density at radius 1 is 1.33 bits per heavy atom. The van der Waals surface area contributed by atoms with Gasteiger partial charge in [0.25, 0.3) is 5.91 Å². The van der Waals surface area contributed by atoms with Gasteiger partial charge in [-0.25, -0.2) is 0 Å². The number of hydrogen-bond acceptors (Lipinski definition) is 2. The molecule has 0 aliphatic carbocycles. The van der Waals surface area contributed by atoms with Crippen LogP contribution in [0.5, 0.6) is 0 Å². The summed E-state index contributed by atoms with van der Waals surface area (Å²) in [4.78, 5) is 13.1. The second-order valence-corrected chi connectivity index (χ2v) is 5.51. The van der Waals surface area contributed by atoms with Crippen molar-refractivity contribution in [1.82, 2.24) is 4.90 Å². The summed E-state index contributed by atoms with van der Waals surface area (Å²) < 4.78 is 43.2. The van der Waals surface area contributed by atoms with Gasteiger partial charge < -0.3 is 9.64 Å². The van der Waals surface area contributed by atoms with Crippen molar-refractivity contribution in [1.29, 1.82) is 0 Å². The first-order chi connectivity index (χ1) is 9.78. The molecule has 0 saturated carbocycles. The van der Waals surface area contributed by atoms with E-state index < -0.39 is 24.7 Å². The second kappa shape index (κ2) is 6.42. The van der Waals surface area contributed by atoms with Crippen LogP contribution in [0.2, 0.25) is 10.0 Å². The molecule has 8 heteroatoms. The lowest BCUT2D eigenvalue weighted by molar-refractivity contribution is -0.144. The Morgan fingerprint density at radius 2 is 2.05 bits per heavy atom. The summed E-state index contributed by atoms with van der Waals surface area (Å²) in [5, 5.41) is 0.358. The van der Waals surface area contributed by atoms with Crippen LogP contribution in [0.1, 0.15) is 16.8 Å². The highest BCUT2D eigenvalue weighted by atomic mass is 35.5. The van der Waals surface area contributed by atoms with Crippen LogP contribution in [0.3, 0.4) is 0 Å². The van der Waals surface area contributed by atoms with Gasteiger partial charge in [0.05, 0.1) is 22.7 Å². The molecule has 0 spiro atoms. The lowest BCUT2D eigenvalue weighted by Crippen LogP contribution is -2.46. The lowest BCUT2D eigenvalue weighted by Gasteiger charge is -2.29. The van der Waals surface area contributed by atoms with Crippen molar-refractivity contribution in [2.24, 2.45) is 0 Å². The molecule has 0 aromatic heterocycles. The van der Waals surface area contributed by atoms with Gasteiger partial charge in [-0.1, -0.05) is 23.2 Å². The minimum atomic E-state index is -4.48. The van der Waals surface area contributed by atoms with Crippen LogP contribution in [-0.4, -0.2) is 42.8 Å². The fourth-order valence-corrected chi connectivity index (χ4v) is 2.42. The van der Waals surface area contributed by atoms with Gasteiger partial charge >= 0.3 is 6.18 Å². The zero-order valence-corrected chi connectivity index (χ0v) is 12.3. The molecule has 0 N–H and O–H groups in total. The van der Waals surface area contributed by atoms with E-state index in [2.05, 4.69) is 0 Å². The van der Waals surface area contributed by atoms with Gasteiger partial charge in [0, 0.05) is 12.2 Å². The molecule has 116 valence electrons. The third kappa shape index (κ3) is 4.25. The molecule has 21 heavy (non-hydrogen) atoms. The molecule has 1 aliphatic heterocycles. The van der Waals surface area contributed by atoms with Crippen LogP contribution >= 0.6 is 23.2 Å². The maximum atomic E-state index is 12.7. The lowest BCUT2D eigenvalue weighted by atomic mass is 10.1. The van der Waals surface area contributed by atoms with E-state index in [4.69, 9.17) is 27.9 Å². The molecule has 3 nitrogen and oxygen atoms in total. The molecule has 1 atom stereocenters. The largest absolute Gasteiger partial charge is 0.406 e. The number of carbonyl (C=O) groups excluding carboxylic acids is 1. The highest BCUT2D eigenvalue weighted by Crippen LogP contribution is 2.26. The number of halogens is 5. The second-order valence-electron chi connectivity index (χ2n) is 4.69. The topological polar surface area (TPSA) is 29.5 Å². The molecule has 1 aromatic rings. The van der Waals surface area contributed by atoms with Crippen LogP contribution in [0.4, 0.5) is 13.2 Å². The van der Waals surface area contributed by atoms with E-state index >= 15 is 0 Å². The average molecular weight is 342 g/mol. The first-order valence-electron chi connectivity index (χ1n) is 6.18. The summed E-state index contributed by atoms with van der Waals surface area (Å²) in [6, 6.07) is 3.42. The minimum Gasteiger partial charge on any atom is -0.379 e. The maximum Gasteiger partial charge on any atom is 0.406 e. The Bertz CT molecular complexity index is 531. The van der Waals surface area contributed by atoms with Crippen molar-refractivity contribution in [3.63, 3.8) is 0 Å². The van der Waals surface area contributed by atoms with E-state index in [1.807, 2.05) is 0 Å². The van der Waals surface area contributed by atoms with E-state index in [0.29, 0.717) is 13.0 Å². The summed E-state index contributed by atoms with van der Waals surface area (Å²) in [7, 11) is 0. The summed E-state index contributed by atoms with van der Waals surface area (Å²) in [5.74, 6) is -0.735. The molecule has 0 unspecified atom stereocenters. The van der Waals surface area contributed by atoms with Gasteiger partial charge in [0.15, 0.2) is 0 Å². The van der Waals surface area contributed by atoms with Gasteiger partial charge in [-0.05, 0) is 24.6 Å². The first kappa shape index (κ1) is 16.4. The van der Waals surface area contributed by atoms with E-state index in [1.54, 1.807) is 0 Å². The summed E-state index contributed by atoms with van der Waals surface area (Å²) >= 11 is 11.5. The van der Waals surface area contributed by atoms with Crippen molar-refractivity contribution in [2.45, 2.75) is 18.6 Å². The Labute approximate surface area is 129 Å². The maximum absolute atomic E-state index is 12.7. The smallest absolute Gasteiger partial charge is 0.379 e. The van der Waals surface area contributed by atoms with Crippen molar-refractivity contribution >= 4 is 29.1 Å². The van der Waals surface area contributed by atoms with Gasteiger partial charge in [-0.15, -0.1) is 0 Å². The SMILES string of the molecule is O=C(c1ccc(Cl)c(Cl)c1)N(CC(F)(F)F)[C@@H]1CCOC1. The standard InChI is InChI=1S/C13H12Cl2F3NO2/c14-10-2-1-8(5-11(10)15)12(20)19(7-13(16,17)18)9-3-4-21-6-9/h1-2,5,9H,3-4,6-7H2/t9-/m1/s1. The third-order valence-electron chi connectivity index (χ3n) is 3.12. The number of ether oxygens (including phenoxy) is 1.